The van der Waals surface area contributed by atoms with Crippen LogP contribution in [0.5, 0.6) is 0 Å². The largest absolute Gasteiger partial charge is 0.309 e. The van der Waals surface area contributed by atoms with Crippen LogP contribution in [0.2, 0.25) is 10.0 Å². The van der Waals surface area contributed by atoms with E-state index in [2.05, 4.69) is 19.2 Å². The van der Waals surface area contributed by atoms with E-state index in [1.165, 1.54) is 0 Å². The third-order valence-electron chi connectivity index (χ3n) is 3.73. The summed E-state index contributed by atoms with van der Waals surface area (Å²) in [6, 6.07) is 6.01. The molecule has 0 spiro atoms. The molecule has 2 atom stereocenters. The van der Waals surface area contributed by atoms with Gasteiger partial charge in [0.05, 0.1) is 0 Å². The highest BCUT2D eigenvalue weighted by Crippen LogP contribution is 2.44. The van der Waals surface area contributed by atoms with Gasteiger partial charge in [0.25, 0.3) is 0 Å². The molecule has 0 aliphatic heterocycles. The van der Waals surface area contributed by atoms with Crippen molar-refractivity contribution in [2.75, 3.05) is 0 Å². The van der Waals surface area contributed by atoms with Crippen LogP contribution in [-0.2, 0) is 6.54 Å². The van der Waals surface area contributed by atoms with E-state index in [4.69, 9.17) is 34.8 Å². The second-order valence-corrected chi connectivity index (χ2v) is 6.50. The van der Waals surface area contributed by atoms with Crippen LogP contribution >= 0.6 is 34.8 Å². The maximum atomic E-state index is 6.19. The Kier molecular flexibility index (Phi) is 3.94. The average Bonchev–Trinajstić information content (AvgIpc) is 2.27. The van der Waals surface area contributed by atoms with Crippen molar-refractivity contribution in [2.45, 2.75) is 38.2 Å². The summed E-state index contributed by atoms with van der Waals surface area (Å²) < 4.78 is 0. The molecule has 0 amide bonds. The molecule has 94 valence electrons. The molecule has 0 bridgehead atoms. The summed E-state index contributed by atoms with van der Waals surface area (Å²) in [5, 5.41) is 5.16. The van der Waals surface area contributed by atoms with Gasteiger partial charge in [0, 0.05) is 33.6 Å². The SMILES string of the molecule is CC1(C)C(Cl)CC1NCc1c(Cl)cccc1Cl. The Hall–Kier alpha value is 0.0500. The lowest BCUT2D eigenvalue weighted by Crippen LogP contribution is -2.57. The highest BCUT2D eigenvalue weighted by molar-refractivity contribution is 6.35. The van der Waals surface area contributed by atoms with E-state index >= 15 is 0 Å². The van der Waals surface area contributed by atoms with Gasteiger partial charge in [-0.2, -0.15) is 0 Å². The highest BCUT2D eigenvalue weighted by Gasteiger charge is 2.46. The minimum Gasteiger partial charge on any atom is -0.309 e. The van der Waals surface area contributed by atoms with Crippen molar-refractivity contribution in [3.8, 4) is 0 Å². The maximum Gasteiger partial charge on any atom is 0.0465 e. The third-order valence-corrected chi connectivity index (χ3v) is 5.18. The van der Waals surface area contributed by atoms with Gasteiger partial charge in [0.2, 0.25) is 0 Å². The van der Waals surface area contributed by atoms with Crippen LogP contribution < -0.4 is 5.32 Å². The van der Waals surface area contributed by atoms with E-state index in [1.807, 2.05) is 18.2 Å². The van der Waals surface area contributed by atoms with Gasteiger partial charge >= 0.3 is 0 Å². The van der Waals surface area contributed by atoms with E-state index in [-0.39, 0.29) is 10.8 Å². The fourth-order valence-corrected chi connectivity index (χ4v) is 3.01. The zero-order valence-electron chi connectivity index (χ0n) is 9.93. The Morgan fingerprint density at radius 2 is 1.88 bits per heavy atom. The van der Waals surface area contributed by atoms with Crippen molar-refractivity contribution in [3.05, 3.63) is 33.8 Å². The summed E-state index contributed by atoms with van der Waals surface area (Å²) in [6.07, 6.45) is 0.997. The third kappa shape index (κ3) is 2.58. The molecule has 1 aromatic rings. The molecule has 0 heterocycles. The van der Waals surface area contributed by atoms with Crippen molar-refractivity contribution < 1.29 is 0 Å². The molecule has 2 unspecified atom stereocenters. The number of nitrogens with one attached hydrogen (secondary N) is 1. The number of hydrogen-bond acceptors (Lipinski definition) is 1. The van der Waals surface area contributed by atoms with Crippen molar-refractivity contribution in [2.24, 2.45) is 5.41 Å². The van der Waals surface area contributed by atoms with E-state index in [1.54, 1.807) is 0 Å². The van der Waals surface area contributed by atoms with E-state index < -0.39 is 0 Å². The highest BCUT2D eigenvalue weighted by atomic mass is 35.5. The van der Waals surface area contributed by atoms with Crippen LogP contribution in [0.1, 0.15) is 25.8 Å². The molecule has 0 saturated heterocycles. The van der Waals surface area contributed by atoms with Crippen molar-refractivity contribution >= 4 is 34.8 Å². The van der Waals surface area contributed by atoms with Crippen molar-refractivity contribution in [1.29, 1.82) is 0 Å². The lowest BCUT2D eigenvalue weighted by molar-refractivity contribution is 0.115. The molecule has 17 heavy (non-hydrogen) atoms. The normalized spacial score (nSPS) is 26.6. The second kappa shape index (κ2) is 4.97. The molecular formula is C13H16Cl3N. The van der Waals surface area contributed by atoms with Gasteiger partial charge in [-0.05, 0) is 24.0 Å². The first-order valence-electron chi connectivity index (χ1n) is 5.73. The lowest BCUT2D eigenvalue weighted by Gasteiger charge is -2.49. The Morgan fingerprint density at radius 3 is 2.35 bits per heavy atom. The van der Waals surface area contributed by atoms with Crippen LogP contribution in [-0.4, -0.2) is 11.4 Å². The first-order chi connectivity index (χ1) is 7.93. The molecule has 2 rings (SSSR count). The predicted octanol–water partition coefficient (Wildman–Crippen LogP) is 4.49. The summed E-state index contributed by atoms with van der Waals surface area (Å²) in [5.74, 6) is 0. The number of alkyl halides is 1. The molecule has 1 aliphatic rings. The molecule has 0 radical (unpaired) electrons. The van der Waals surface area contributed by atoms with Gasteiger partial charge in [-0.3, -0.25) is 0 Å². The van der Waals surface area contributed by atoms with Crippen LogP contribution in [0.4, 0.5) is 0 Å². The molecule has 1 saturated carbocycles. The van der Waals surface area contributed by atoms with Crippen LogP contribution in [0, 0.1) is 5.41 Å². The number of hydrogen-bond donors (Lipinski definition) is 1. The molecule has 0 aromatic heterocycles. The van der Waals surface area contributed by atoms with Gasteiger partial charge in [0.1, 0.15) is 0 Å². The minimum absolute atomic E-state index is 0.134. The van der Waals surface area contributed by atoms with Crippen LogP contribution in [0.15, 0.2) is 18.2 Å². The molecule has 1 nitrogen and oxygen atoms in total. The number of rotatable bonds is 3. The maximum absolute atomic E-state index is 6.19. The van der Waals surface area contributed by atoms with Crippen LogP contribution in [0.3, 0.4) is 0 Å². The van der Waals surface area contributed by atoms with Gasteiger partial charge in [-0.1, -0.05) is 43.1 Å². The molecule has 4 heteroatoms. The van der Waals surface area contributed by atoms with Gasteiger partial charge in [-0.15, -0.1) is 11.6 Å². The predicted molar refractivity (Wildman–Crippen MR) is 75.1 cm³/mol. The van der Waals surface area contributed by atoms with Crippen molar-refractivity contribution in [1.82, 2.24) is 5.32 Å². The van der Waals surface area contributed by atoms with E-state index in [9.17, 15) is 0 Å². The fraction of sp³-hybridized carbons (Fsp3) is 0.538. The molecule has 1 aromatic carbocycles. The summed E-state index contributed by atoms with van der Waals surface area (Å²) in [4.78, 5) is 0. The topological polar surface area (TPSA) is 12.0 Å². The summed E-state index contributed by atoms with van der Waals surface area (Å²) >= 11 is 18.4. The summed E-state index contributed by atoms with van der Waals surface area (Å²) in [5.41, 5.74) is 1.10. The Morgan fingerprint density at radius 1 is 1.29 bits per heavy atom. The average molecular weight is 293 g/mol. The van der Waals surface area contributed by atoms with Crippen LogP contribution in [0.25, 0.3) is 0 Å². The second-order valence-electron chi connectivity index (χ2n) is 5.16. The Labute approximate surface area is 117 Å². The fourth-order valence-electron chi connectivity index (χ4n) is 2.15. The zero-order valence-corrected chi connectivity index (χ0v) is 12.2. The number of benzene rings is 1. The Bertz CT molecular complexity index is 397. The minimum atomic E-state index is 0.134. The van der Waals surface area contributed by atoms with Gasteiger partial charge < -0.3 is 5.32 Å². The standard InChI is InChI=1S/C13H16Cl3N/c1-13(2)11(16)6-12(13)17-7-8-9(14)4-3-5-10(8)15/h3-5,11-12,17H,6-7H2,1-2H3. The monoisotopic (exact) mass is 291 g/mol. The first kappa shape index (κ1) is 13.5. The molecule has 1 fully saturated rings. The lowest BCUT2D eigenvalue weighted by atomic mass is 9.67. The van der Waals surface area contributed by atoms with Gasteiger partial charge in [-0.25, -0.2) is 0 Å². The molecule has 1 N–H and O–H groups in total. The number of halogens is 3. The van der Waals surface area contributed by atoms with E-state index in [0.717, 1.165) is 12.0 Å². The summed E-state index contributed by atoms with van der Waals surface area (Å²) in [6.45, 7) is 5.05. The molecule has 1 aliphatic carbocycles. The summed E-state index contributed by atoms with van der Waals surface area (Å²) in [7, 11) is 0. The van der Waals surface area contributed by atoms with Crippen molar-refractivity contribution in [3.63, 3.8) is 0 Å². The van der Waals surface area contributed by atoms with Gasteiger partial charge in [0.15, 0.2) is 0 Å². The molecular weight excluding hydrogens is 277 g/mol. The Balaban J connectivity index is 2.00. The van der Waals surface area contributed by atoms with E-state index in [0.29, 0.717) is 22.6 Å². The quantitative estimate of drug-likeness (QED) is 0.810. The smallest absolute Gasteiger partial charge is 0.0465 e. The first-order valence-corrected chi connectivity index (χ1v) is 6.92. The zero-order chi connectivity index (χ0) is 12.6.